The van der Waals surface area contributed by atoms with Crippen LogP contribution in [0.5, 0.6) is 0 Å². The number of rotatable bonds is 2. The Bertz CT molecular complexity index is 515. The Hall–Kier alpha value is -1.48. The largest absolute Gasteiger partial charge is 0.342 e. The zero-order valence-corrected chi connectivity index (χ0v) is 10.3. The van der Waals surface area contributed by atoms with Crippen LogP contribution in [0.15, 0.2) is 36.7 Å². The van der Waals surface area contributed by atoms with Crippen molar-refractivity contribution in [3.05, 3.63) is 41.7 Å². The Morgan fingerprint density at radius 1 is 1.12 bits per heavy atom. The van der Waals surface area contributed by atoms with Crippen LogP contribution in [-0.2, 0) is 0 Å². The maximum atomic E-state index is 6.23. The molecule has 0 N–H and O–H groups in total. The second-order valence-corrected chi connectivity index (χ2v) is 4.65. The molecule has 3 nitrogen and oxygen atoms in total. The molecular formula is C13H14ClN3. The maximum Gasteiger partial charge on any atom is 0.210 e. The van der Waals surface area contributed by atoms with E-state index in [1.54, 1.807) is 0 Å². The van der Waals surface area contributed by atoms with Crippen molar-refractivity contribution < 1.29 is 0 Å². The van der Waals surface area contributed by atoms with Gasteiger partial charge in [0.05, 0.1) is 10.7 Å². The molecule has 0 aliphatic carbocycles. The highest BCUT2D eigenvalue weighted by molar-refractivity contribution is 6.32. The molecule has 1 aliphatic rings. The van der Waals surface area contributed by atoms with Crippen LogP contribution < -0.4 is 4.90 Å². The molecule has 0 saturated carbocycles. The summed E-state index contributed by atoms with van der Waals surface area (Å²) in [5, 5.41) is 0.756. The fraction of sp³-hybridized carbons (Fsp3) is 0.308. The predicted molar refractivity (Wildman–Crippen MR) is 70.0 cm³/mol. The molecule has 0 radical (unpaired) electrons. The van der Waals surface area contributed by atoms with E-state index in [4.69, 9.17) is 11.6 Å². The molecule has 1 aromatic heterocycles. The number of hydrogen-bond donors (Lipinski definition) is 0. The number of para-hydroxylation sites is 1. The lowest BCUT2D eigenvalue weighted by Gasteiger charge is -2.18. The molecule has 88 valence electrons. The van der Waals surface area contributed by atoms with Crippen molar-refractivity contribution in [3.63, 3.8) is 0 Å². The third-order valence-corrected chi connectivity index (χ3v) is 3.44. The number of nitrogens with zero attached hydrogens (tertiary/aromatic N) is 3. The third kappa shape index (κ3) is 1.91. The average molecular weight is 248 g/mol. The quantitative estimate of drug-likeness (QED) is 0.813. The van der Waals surface area contributed by atoms with Gasteiger partial charge in [-0.25, -0.2) is 4.98 Å². The van der Waals surface area contributed by atoms with E-state index in [9.17, 15) is 0 Å². The van der Waals surface area contributed by atoms with Crippen molar-refractivity contribution in [2.75, 3.05) is 18.0 Å². The molecule has 1 aromatic carbocycles. The lowest BCUT2D eigenvalue weighted by molar-refractivity contribution is 0.875. The fourth-order valence-electron chi connectivity index (χ4n) is 2.28. The standard InChI is InChI=1S/C13H14ClN3/c14-11-5-1-2-6-12(11)17-10-7-15-13(17)16-8-3-4-9-16/h1-2,5-7,10H,3-4,8-9H2. The number of benzene rings is 1. The van der Waals surface area contributed by atoms with Crippen LogP contribution in [-0.4, -0.2) is 22.6 Å². The van der Waals surface area contributed by atoms with Gasteiger partial charge in [0.25, 0.3) is 0 Å². The van der Waals surface area contributed by atoms with Crippen LogP contribution in [0.3, 0.4) is 0 Å². The topological polar surface area (TPSA) is 21.1 Å². The molecule has 0 bridgehead atoms. The average Bonchev–Trinajstić information content (AvgIpc) is 3.00. The Morgan fingerprint density at radius 3 is 2.65 bits per heavy atom. The van der Waals surface area contributed by atoms with E-state index in [1.165, 1.54) is 12.8 Å². The van der Waals surface area contributed by atoms with E-state index in [2.05, 4.69) is 14.5 Å². The zero-order valence-electron chi connectivity index (χ0n) is 9.51. The first-order chi connectivity index (χ1) is 8.36. The molecule has 1 saturated heterocycles. The van der Waals surface area contributed by atoms with Crippen LogP contribution >= 0.6 is 11.6 Å². The Morgan fingerprint density at radius 2 is 1.88 bits per heavy atom. The van der Waals surface area contributed by atoms with Crippen molar-refractivity contribution in [2.24, 2.45) is 0 Å². The number of anilines is 1. The molecule has 4 heteroatoms. The monoisotopic (exact) mass is 247 g/mol. The van der Waals surface area contributed by atoms with Gasteiger partial charge in [0.2, 0.25) is 5.95 Å². The molecule has 2 heterocycles. The van der Waals surface area contributed by atoms with E-state index in [0.29, 0.717) is 0 Å². The van der Waals surface area contributed by atoms with E-state index in [1.807, 2.05) is 36.7 Å². The van der Waals surface area contributed by atoms with Gasteiger partial charge in [-0.15, -0.1) is 0 Å². The summed E-state index contributed by atoms with van der Waals surface area (Å²) >= 11 is 6.23. The van der Waals surface area contributed by atoms with Gasteiger partial charge in [-0.2, -0.15) is 0 Å². The minimum Gasteiger partial charge on any atom is -0.342 e. The smallest absolute Gasteiger partial charge is 0.210 e. The molecular weight excluding hydrogens is 234 g/mol. The minimum absolute atomic E-state index is 0.756. The summed E-state index contributed by atoms with van der Waals surface area (Å²) in [7, 11) is 0. The maximum absolute atomic E-state index is 6.23. The molecule has 3 rings (SSSR count). The molecule has 0 atom stereocenters. The normalized spacial score (nSPS) is 15.5. The molecule has 0 spiro atoms. The van der Waals surface area contributed by atoms with Crippen molar-refractivity contribution in [1.29, 1.82) is 0 Å². The second-order valence-electron chi connectivity index (χ2n) is 4.24. The third-order valence-electron chi connectivity index (χ3n) is 3.12. The van der Waals surface area contributed by atoms with Gasteiger partial charge in [-0.05, 0) is 25.0 Å². The van der Waals surface area contributed by atoms with Crippen LogP contribution in [0.4, 0.5) is 5.95 Å². The second kappa shape index (κ2) is 4.41. The van der Waals surface area contributed by atoms with E-state index < -0.39 is 0 Å². The van der Waals surface area contributed by atoms with Gasteiger partial charge in [-0.3, -0.25) is 4.57 Å². The van der Waals surface area contributed by atoms with Crippen LogP contribution in [0, 0.1) is 0 Å². The van der Waals surface area contributed by atoms with Crippen molar-refractivity contribution in [1.82, 2.24) is 9.55 Å². The first kappa shape index (κ1) is 10.7. The highest BCUT2D eigenvalue weighted by Crippen LogP contribution is 2.26. The Kier molecular flexibility index (Phi) is 2.77. The zero-order chi connectivity index (χ0) is 11.7. The van der Waals surface area contributed by atoms with Gasteiger partial charge in [0.15, 0.2) is 0 Å². The predicted octanol–water partition coefficient (Wildman–Crippen LogP) is 3.13. The van der Waals surface area contributed by atoms with E-state index >= 15 is 0 Å². The SMILES string of the molecule is Clc1ccccc1-n1ccnc1N1CCCC1. The molecule has 17 heavy (non-hydrogen) atoms. The summed E-state index contributed by atoms with van der Waals surface area (Å²) in [5.74, 6) is 0.996. The number of hydrogen-bond acceptors (Lipinski definition) is 2. The van der Waals surface area contributed by atoms with Crippen molar-refractivity contribution in [2.45, 2.75) is 12.8 Å². The molecule has 1 fully saturated rings. The van der Waals surface area contributed by atoms with Crippen molar-refractivity contribution in [3.8, 4) is 5.69 Å². The molecule has 2 aromatic rings. The minimum atomic E-state index is 0.756. The van der Waals surface area contributed by atoms with Crippen LogP contribution in [0.2, 0.25) is 5.02 Å². The fourth-order valence-corrected chi connectivity index (χ4v) is 2.51. The summed E-state index contributed by atoms with van der Waals surface area (Å²) in [5.41, 5.74) is 0.994. The Balaban J connectivity index is 2.04. The van der Waals surface area contributed by atoms with Gasteiger partial charge < -0.3 is 4.90 Å². The van der Waals surface area contributed by atoms with Crippen molar-refractivity contribution >= 4 is 17.5 Å². The summed E-state index contributed by atoms with van der Waals surface area (Å²) in [4.78, 5) is 6.75. The summed E-state index contributed by atoms with van der Waals surface area (Å²) in [6, 6.07) is 7.86. The molecule has 0 unspecified atom stereocenters. The lowest BCUT2D eigenvalue weighted by Crippen LogP contribution is -2.21. The van der Waals surface area contributed by atoms with Crippen LogP contribution in [0.25, 0.3) is 5.69 Å². The number of halogens is 1. The molecule has 1 aliphatic heterocycles. The first-order valence-electron chi connectivity index (χ1n) is 5.89. The van der Waals surface area contributed by atoms with E-state index in [0.717, 1.165) is 29.7 Å². The Labute approximate surface area is 106 Å². The lowest BCUT2D eigenvalue weighted by atomic mass is 10.3. The van der Waals surface area contributed by atoms with Gasteiger partial charge >= 0.3 is 0 Å². The number of aromatic nitrogens is 2. The summed E-state index contributed by atoms with van der Waals surface area (Å²) < 4.78 is 2.06. The molecule has 0 amide bonds. The van der Waals surface area contributed by atoms with Crippen LogP contribution in [0.1, 0.15) is 12.8 Å². The summed E-state index contributed by atoms with van der Waals surface area (Å²) in [6.45, 7) is 2.17. The van der Waals surface area contributed by atoms with Gasteiger partial charge in [-0.1, -0.05) is 23.7 Å². The van der Waals surface area contributed by atoms with Gasteiger partial charge in [0, 0.05) is 25.5 Å². The number of imidazole rings is 1. The highest BCUT2D eigenvalue weighted by atomic mass is 35.5. The van der Waals surface area contributed by atoms with E-state index in [-0.39, 0.29) is 0 Å². The van der Waals surface area contributed by atoms with Gasteiger partial charge in [0.1, 0.15) is 0 Å². The highest BCUT2D eigenvalue weighted by Gasteiger charge is 2.18. The summed E-state index contributed by atoms with van der Waals surface area (Å²) in [6.07, 6.45) is 6.29. The first-order valence-corrected chi connectivity index (χ1v) is 6.27.